The first kappa shape index (κ1) is 11.9. The topological polar surface area (TPSA) is 56.1 Å². The Labute approximate surface area is 108 Å². The number of likely N-dealkylation sites (tertiary alicyclic amines) is 1. The van der Waals surface area contributed by atoms with Gasteiger partial charge in [0.25, 0.3) is 0 Å². The number of halogens is 1. The highest BCUT2D eigenvalue weighted by Crippen LogP contribution is 2.22. The number of likely N-dealkylation sites (N-methyl/N-ethyl adjacent to an activating group) is 1. The first-order valence-electron chi connectivity index (χ1n) is 5.32. The second-order valence-electron chi connectivity index (χ2n) is 4.09. The van der Waals surface area contributed by atoms with Crippen molar-refractivity contribution in [3.8, 4) is 6.07 Å². The van der Waals surface area contributed by atoms with E-state index in [0.717, 1.165) is 23.1 Å². The van der Waals surface area contributed by atoms with Crippen LogP contribution in [0.25, 0.3) is 0 Å². The van der Waals surface area contributed by atoms with E-state index >= 15 is 0 Å². The summed E-state index contributed by atoms with van der Waals surface area (Å²) in [6.45, 7) is 0.773. The summed E-state index contributed by atoms with van der Waals surface area (Å²) in [6, 6.07) is 7.27. The molecule has 1 aliphatic heterocycles. The Balaban J connectivity index is 2.17. The fourth-order valence-electron chi connectivity index (χ4n) is 1.90. The van der Waals surface area contributed by atoms with E-state index < -0.39 is 0 Å². The van der Waals surface area contributed by atoms with Gasteiger partial charge in [-0.2, -0.15) is 5.26 Å². The van der Waals surface area contributed by atoms with Crippen molar-refractivity contribution in [1.29, 1.82) is 5.26 Å². The van der Waals surface area contributed by atoms with E-state index in [-0.39, 0.29) is 11.9 Å². The molecule has 0 spiro atoms. The summed E-state index contributed by atoms with van der Waals surface area (Å²) in [4.78, 5) is 13.4. The molecule has 1 aliphatic rings. The van der Waals surface area contributed by atoms with Gasteiger partial charge < -0.3 is 10.2 Å². The number of carbonyl (C=O) groups is 1. The zero-order valence-corrected chi connectivity index (χ0v) is 11.0. The van der Waals surface area contributed by atoms with Crippen LogP contribution < -0.4 is 5.32 Å². The maximum Gasteiger partial charge on any atom is 0.244 e. The molecule has 1 aromatic rings. The van der Waals surface area contributed by atoms with Crippen LogP contribution in [0.1, 0.15) is 12.0 Å². The molecule has 1 fully saturated rings. The summed E-state index contributed by atoms with van der Waals surface area (Å²) in [5.74, 6) is 0.100. The molecule has 0 bridgehead atoms. The molecule has 0 radical (unpaired) electrons. The monoisotopic (exact) mass is 293 g/mol. The lowest BCUT2D eigenvalue weighted by Gasteiger charge is -2.13. The zero-order valence-electron chi connectivity index (χ0n) is 9.40. The third kappa shape index (κ3) is 2.59. The highest BCUT2D eigenvalue weighted by atomic mass is 79.9. The van der Waals surface area contributed by atoms with Gasteiger partial charge in [0.05, 0.1) is 11.6 Å². The number of rotatable bonds is 2. The van der Waals surface area contributed by atoms with Gasteiger partial charge in [0, 0.05) is 23.8 Å². The number of amides is 1. The van der Waals surface area contributed by atoms with Crippen molar-refractivity contribution in [2.45, 2.75) is 12.5 Å². The van der Waals surface area contributed by atoms with Gasteiger partial charge in [0.1, 0.15) is 6.04 Å². The van der Waals surface area contributed by atoms with Crippen molar-refractivity contribution in [1.82, 2.24) is 4.90 Å². The normalized spacial score (nSPS) is 19.2. The van der Waals surface area contributed by atoms with Gasteiger partial charge in [-0.3, -0.25) is 4.79 Å². The summed E-state index contributed by atoms with van der Waals surface area (Å²) in [5.41, 5.74) is 1.37. The standard InChI is InChI=1S/C12H12BrN3O/c1-16-3-2-11(12(16)17)15-10-5-8(7-14)4-9(13)6-10/h4-6,11,15H,2-3H2,1H3. The average molecular weight is 294 g/mol. The van der Waals surface area contributed by atoms with Gasteiger partial charge in [-0.25, -0.2) is 0 Å². The molecule has 17 heavy (non-hydrogen) atoms. The number of benzene rings is 1. The van der Waals surface area contributed by atoms with Crippen molar-refractivity contribution in [2.24, 2.45) is 0 Å². The highest BCUT2D eigenvalue weighted by Gasteiger charge is 2.28. The number of carbonyl (C=O) groups excluding carboxylic acids is 1. The Morgan fingerprint density at radius 2 is 2.29 bits per heavy atom. The van der Waals surface area contributed by atoms with Crippen molar-refractivity contribution in [3.05, 3.63) is 28.2 Å². The van der Waals surface area contributed by atoms with E-state index in [9.17, 15) is 4.79 Å². The van der Waals surface area contributed by atoms with E-state index in [4.69, 9.17) is 5.26 Å². The Bertz CT molecular complexity index is 495. The Morgan fingerprint density at radius 1 is 1.53 bits per heavy atom. The van der Waals surface area contributed by atoms with E-state index in [1.165, 1.54) is 0 Å². The molecule has 1 saturated heterocycles. The smallest absolute Gasteiger partial charge is 0.244 e. The van der Waals surface area contributed by atoms with Crippen LogP contribution in [-0.2, 0) is 4.79 Å². The number of nitriles is 1. The Hall–Kier alpha value is -1.54. The number of hydrogen-bond donors (Lipinski definition) is 1. The number of hydrogen-bond acceptors (Lipinski definition) is 3. The quantitative estimate of drug-likeness (QED) is 0.907. The van der Waals surface area contributed by atoms with Crippen LogP contribution in [0.2, 0.25) is 0 Å². The summed E-state index contributed by atoms with van der Waals surface area (Å²) >= 11 is 3.34. The lowest BCUT2D eigenvalue weighted by atomic mass is 10.2. The Morgan fingerprint density at radius 3 is 2.88 bits per heavy atom. The summed E-state index contributed by atoms with van der Waals surface area (Å²) in [7, 11) is 1.80. The average Bonchev–Trinajstić information content (AvgIpc) is 2.60. The van der Waals surface area contributed by atoms with Crippen molar-refractivity contribution in [3.63, 3.8) is 0 Å². The molecule has 1 aromatic carbocycles. The van der Waals surface area contributed by atoms with Gasteiger partial charge >= 0.3 is 0 Å². The number of anilines is 1. The molecule has 0 saturated carbocycles. The molecule has 2 rings (SSSR count). The fourth-order valence-corrected chi connectivity index (χ4v) is 2.39. The van der Waals surface area contributed by atoms with Crippen molar-refractivity contribution < 1.29 is 4.79 Å². The first-order valence-corrected chi connectivity index (χ1v) is 6.11. The van der Waals surface area contributed by atoms with Crippen LogP contribution in [0.3, 0.4) is 0 Å². The minimum Gasteiger partial charge on any atom is -0.374 e. The van der Waals surface area contributed by atoms with Gasteiger partial charge in [-0.05, 0) is 24.6 Å². The largest absolute Gasteiger partial charge is 0.374 e. The maximum absolute atomic E-state index is 11.7. The second kappa shape index (κ2) is 4.76. The molecule has 0 aromatic heterocycles. The summed E-state index contributed by atoms with van der Waals surface area (Å²) < 4.78 is 0.831. The molecule has 1 atom stereocenters. The molecule has 4 nitrogen and oxygen atoms in total. The molecule has 1 N–H and O–H groups in total. The lowest BCUT2D eigenvalue weighted by Crippen LogP contribution is -2.30. The van der Waals surface area contributed by atoms with E-state index in [2.05, 4.69) is 27.3 Å². The van der Waals surface area contributed by atoms with Gasteiger partial charge in [-0.1, -0.05) is 15.9 Å². The maximum atomic E-state index is 11.7. The van der Waals surface area contributed by atoms with Gasteiger partial charge in [0.2, 0.25) is 5.91 Å². The molecule has 1 unspecified atom stereocenters. The third-order valence-electron chi connectivity index (χ3n) is 2.80. The molecule has 0 aliphatic carbocycles. The van der Waals surface area contributed by atoms with Crippen LogP contribution in [0.15, 0.2) is 22.7 Å². The molecule has 88 valence electrons. The fraction of sp³-hybridized carbons (Fsp3) is 0.333. The van der Waals surface area contributed by atoms with E-state index in [0.29, 0.717) is 5.56 Å². The lowest BCUT2D eigenvalue weighted by molar-refractivity contribution is -0.127. The predicted octanol–water partition coefficient (Wildman–Crippen LogP) is 1.96. The summed E-state index contributed by atoms with van der Waals surface area (Å²) in [6.07, 6.45) is 0.795. The van der Waals surface area contributed by atoms with Crippen LogP contribution in [-0.4, -0.2) is 30.4 Å². The van der Waals surface area contributed by atoms with E-state index in [1.54, 1.807) is 24.1 Å². The van der Waals surface area contributed by atoms with Crippen LogP contribution in [0.4, 0.5) is 5.69 Å². The van der Waals surface area contributed by atoms with Crippen molar-refractivity contribution in [2.75, 3.05) is 18.9 Å². The first-order chi connectivity index (χ1) is 8.10. The Kier molecular flexibility index (Phi) is 3.34. The van der Waals surface area contributed by atoms with Gasteiger partial charge in [-0.15, -0.1) is 0 Å². The summed E-state index contributed by atoms with van der Waals surface area (Å²) in [5, 5.41) is 12.0. The SMILES string of the molecule is CN1CCC(Nc2cc(Br)cc(C#N)c2)C1=O. The molecular formula is C12H12BrN3O. The zero-order chi connectivity index (χ0) is 12.4. The van der Waals surface area contributed by atoms with E-state index in [1.807, 2.05) is 6.07 Å². The molecule has 5 heteroatoms. The van der Waals surface area contributed by atoms with Crippen LogP contribution in [0, 0.1) is 11.3 Å². The van der Waals surface area contributed by atoms with Crippen LogP contribution >= 0.6 is 15.9 Å². The predicted molar refractivity (Wildman–Crippen MR) is 68.5 cm³/mol. The molecule has 1 heterocycles. The van der Waals surface area contributed by atoms with Gasteiger partial charge in [0.15, 0.2) is 0 Å². The second-order valence-corrected chi connectivity index (χ2v) is 5.00. The molecule has 1 amide bonds. The molecular weight excluding hydrogens is 282 g/mol. The van der Waals surface area contributed by atoms with Crippen LogP contribution in [0.5, 0.6) is 0 Å². The minimum atomic E-state index is -0.180. The third-order valence-corrected chi connectivity index (χ3v) is 3.25. The minimum absolute atomic E-state index is 0.100. The highest BCUT2D eigenvalue weighted by molar-refractivity contribution is 9.10. The number of nitrogens with one attached hydrogen (secondary N) is 1. The number of nitrogens with zero attached hydrogens (tertiary/aromatic N) is 2. The van der Waals surface area contributed by atoms with Crippen molar-refractivity contribution >= 4 is 27.5 Å².